The molecule has 2 aromatic rings. The molecule has 0 fully saturated rings. The fraction of sp³-hybridized carbons (Fsp3) is 0.250. The fourth-order valence-corrected chi connectivity index (χ4v) is 4.01. The van der Waals surface area contributed by atoms with Crippen LogP contribution in [0.4, 0.5) is 0 Å². The van der Waals surface area contributed by atoms with Crippen LogP contribution >= 0.6 is 0 Å². The number of benzene rings is 1. The fourth-order valence-electron chi connectivity index (χ4n) is 2.18. The number of hydrogen-bond donors (Lipinski definition) is 1. The molecule has 1 aromatic carbocycles. The van der Waals surface area contributed by atoms with Crippen LogP contribution in [0.25, 0.3) is 0 Å². The molecule has 1 heterocycles. The van der Waals surface area contributed by atoms with Gasteiger partial charge in [0.2, 0.25) is 0 Å². The van der Waals surface area contributed by atoms with Gasteiger partial charge in [0.25, 0.3) is 0 Å². The lowest BCUT2D eigenvalue weighted by Gasteiger charge is -2.30. The minimum atomic E-state index is -3.53. The molecule has 0 saturated heterocycles. The van der Waals surface area contributed by atoms with E-state index in [0.29, 0.717) is 5.56 Å². The molecule has 0 amide bonds. The second-order valence-corrected chi connectivity index (χ2v) is 7.23. The van der Waals surface area contributed by atoms with E-state index in [-0.39, 0.29) is 10.6 Å². The predicted molar refractivity (Wildman–Crippen MR) is 80.5 cm³/mol. The molecule has 0 radical (unpaired) electrons. The molecule has 0 unspecified atom stereocenters. The van der Waals surface area contributed by atoms with E-state index in [4.69, 9.17) is 4.42 Å². The molecule has 1 aromatic heterocycles. The first-order chi connectivity index (χ1) is 9.89. The Morgan fingerprint density at radius 1 is 1.33 bits per heavy atom. The van der Waals surface area contributed by atoms with Crippen molar-refractivity contribution in [1.29, 1.82) is 0 Å². The van der Waals surface area contributed by atoms with Gasteiger partial charge < -0.3 is 9.52 Å². The van der Waals surface area contributed by atoms with E-state index in [0.717, 1.165) is 0 Å². The zero-order chi connectivity index (χ0) is 15.5. The lowest BCUT2D eigenvalue weighted by Crippen LogP contribution is -2.31. The Hall–Kier alpha value is -1.85. The van der Waals surface area contributed by atoms with Crippen LogP contribution in [-0.2, 0) is 9.84 Å². The van der Waals surface area contributed by atoms with Crippen LogP contribution in [0.5, 0.6) is 0 Å². The maximum Gasteiger partial charge on any atom is 0.179 e. The smallest absolute Gasteiger partial charge is 0.179 e. The van der Waals surface area contributed by atoms with Crippen LogP contribution in [0.15, 0.2) is 70.9 Å². The first-order valence-electron chi connectivity index (χ1n) is 6.50. The molecular formula is C16H18O4S. The second kappa shape index (κ2) is 5.87. The highest BCUT2D eigenvalue weighted by molar-refractivity contribution is 7.91. The number of aliphatic hydroxyl groups excluding tert-OH is 1. The number of hydrogen-bond acceptors (Lipinski definition) is 4. The Morgan fingerprint density at radius 2 is 2.00 bits per heavy atom. The first kappa shape index (κ1) is 15.5. The van der Waals surface area contributed by atoms with Gasteiger partial charge in [0.05, 0.1) is 29.3 Å². The predicted octanol–water partition coefficient (Wildman–Crippen LogP) is 2.98. The van der Waals surface area contributed by atoms with Crippen molar-refractivity contribution in [3.05, 3.63) is 67.1 Å². The van der Waals surface area contributed by atoms with Crippen molar-refractivity contribution in [2.24, 2.45) is 5.41 Å². The van der Waals surface area contributed by atoms with Crippen LogP contribution in [-0.4, -0.2) is 19.3 Å². The van der Waals surface area contributed by atoms with Gasteiger partial charge in [-0.1, -0.05) is 31.2 Å². The summed E-state index contributed by atoms with van der Waals surface area (Å²) in [4.78, 5) is 0.234. The highest BCUT2D eigenvalue weighted by Gasteiger charge is 2.37. The van der Waals surface area contributed by atoms with Crippen LogP contribution in [0.1, 0.15) is 18.6 Å². The first-order valence-corrected chi connectivity index (χ1v) is 8.16. The molecule has 0 aliphatic heterocycles. The van der Waals surface area contributed by atoms with E-state index < -0.39 is 21.4 Å². The minimum absolute atomic E-state index is 0.234. The molecule has 5 heteroatoms. The van der Waals surface area contributed by atoms with Crippen molar-refractivity contribution in [3.8, 4) is 0 Å². The summed E-state index contributed by atoms with van der Waals surface area (Å²) in [5.41, 5.74) is -0.487. The molecule has 1 N–H and O–H groups in total. The zero-order valence-corrected chi connectivity index (χ0v) is 12.6. The number of aliphatic hydroxyl groups is 1. The van der Waals surface area contributed by atoms with E-state index in [1.807, 2.05) is 0 Å². The van der Waals surface area contributed by atoms with Crippen molar-refractivity contribution in [3.63, 3.8) is 0 Å². The van der Waals surface area contributed by atoms with Gasteiger partial charge in [0, 0.05) is 11.0 Å². The van der Waals surface area contributed by atoms with E-state index in [1.165, 1.54) is 18.6 Å². The molecule has 0 saturated carbocycles. The van der Waals surface area contributed by atoms with Crippen LogP contribution < -0.4 is 0 Å². The minimum Gasteiger partial charge on any atom is -0.472 e. The molecule has 4 nitrogen and oxygen atoms in total. The summed E-state index contributed by atoms with van der Waals surface area (Å²) in [6.45, 7) is 5.35. The number of furan rings is 1. The summed E-state index contributed by atoms with van der Waals surface area (Å²) >= 11 is 0. The summed E-state index contributed by atoms with van der Waals surface area (Å²) in [5, 5.41) is 10.4. The van der Waals surface area contributed by atoms with Gasteiger partial charge in [0.15, 0.2) is 9.84 Å². The molecule has 112 valence electrons. The van der Waals surface area contributed by atoms with E-state index in [1.54, 1.807) is 43.3 Å². The molecular weight excluding hydrogens is 288 g/mol. The van der Waals surface area contributed by atoms with Crippen molar-refractivity contribution < 1.29 is 17.9 Å². The average molecular weight is 306 g/mol. The lowest BCUT2D eigenvalue weighted by atomic mass is 9.83. The molecule has 2 rings (SSSR count). The molecule has 0 spiro atoms. The summed E-state index contributed by atoms with van der Waals surface area (Å²) in [5.74, 6) is -0.236. The second-order valence-electron chi connectivity index (χ2n) is 5.24. The largest absolute Gasteiger partial charge is 0.472 e. The maximum atomic E-state index is 12.5. The lowest BCUT2D eigenvalue weighted by molar-refractivity contribution is 0.0834. The topological polar surface area (TPSA) is 67.5 Å². The Kier molecular flexibility index (Phi) is 4.34. The quantitative estimate of drug-likeness (QED) is 0.833. The molecule has 21 heavy (non-hydrogen) atoms. The standard InChI is InChI=1S/C16H18O4S/c1-3-16(2,15(17)13-9-10-20-11-13)12-21(18,19)14-7-5-4-6-8-14/h3-11,15,17H,1,12H2,2H3/t15-,16-/m0/s1. The van der Waals surface area contributed by atoms with Crippen LogP contribution in [0, 0.1) is 5.41 Å². The molecule has 0 bridgehead atoms. The summed E-state index contributed by atoms with van der Waals surface area (Å²) in [6, 6.07) is 9.80. The van der Waals surface area contributed by atoms with Crippen LogP contribution in [0.3, 0.4) is 0 Å². The Bertz CT molecular complexity index is 689. The van der Waals surface area contributed by atoms with Crippen molar-refractivity contribution >= 4 is 9.84 Å². The Balaban J connectivity index is 2.32. The van der Waals surface area contributed by atoms with Gasteiger partial charge in [-0.3, -0.25) is 0 Å². The monoisotopic (exact) mass is 306 g/mol. The zero-order valence-electron chi connectivity index (χ0n) is 11.8. The molecule has 0 aliphatic rings. The van der Waals surface area contributed by atoms with Gasteiger partial charge >= 0.3 is 0 Å². The molecule has 2 atom stereocenters. The van der Waals surface area contributed by atoms with Gasteiger partial charge in [-0.2, -0.15) is 0 Å². The highest BCUT2D eigenvalue weighted by Crippen LogP contribution is 2.37. The third-order valence-corrected chi connectivity index (χ3v) is 5.55. The van der Waals surface area contributed by atoms with Crippen molar-refractivity contribution in [2.75, 3.05) is 5.75 Å². The van der Waals surface area contributed by atoms with Crippen LogP contribution in [0.2, 0.25) is 0 Å². The van der Waals surface area contributed by atoms with E-state index >= 15 is 0 Å². The van der Waals surface area contributed by atoms with Gasteiger partial charge in [-0.25, -0.2) is 8.42 Å². The Morgan fingerprint density at radius 3 is 2.52 bits per heavy atom. The maximum absolute atomic E-state index is 12.5. The normalized spacial score (nSPS) is 16.1. The van der Waals surface area contributed by atoms with Gasteiger partial charge in [-0.05, 0) is 18.2 Å². The third kappa shape index (κ3) is 3.25. The average Bonchev–Trinajstić information content (AvgIpc) is 3.01. The SMILES string of the molecule is C=C[C@@](C)(CS(=O)(=O)c1ccccc1)[C@@H](O)c1ccoc1. The number of sulfone groups is 1. The highest BCUT2D eigenvalue weighted by atomic mass is 32.2. The van der Waals surface area contributed by atoms with E-state index in [9.17, 15) is 13.5 Å². The van der Waals surface area contributed by atoms with E-state index in [2.05, 4.69) is 6.58 Å². The number of rotatable bonds is 6. The third-order valence-electron chi connectivity index (χ3n) is 3.55. The van der Waals surface area contributed by atoms with Gasteiger partial charge in [0.1, 0.15) is 0 Å². The van der Waals surface area contributed by atoms with Crippen molar-refractivity contribution in [1.82, 2.24) is 0 Å². The summed E-state index contributed by atoms with van der Waals surface area (Å²) in [6.07, 6.45) is 3.31. The summed E-state index contributed by atoms with van der Waals surface area (Å²) in [7, 11) is -3.53. The van der Waals surface area contributed by atoms with Gasteiger partial charge in [-0.15, -0.1) is 6.58 Å². The van der Waals surface area contributed by atoms with Crippen molar-refractivity contribution in [2.45, 2.75) is 17.9 Å². The Labute approximate surface area is 124 Å². The summed E-state index contributed by atoms with van der Waals surface area (Å²) < 4.78 is 29.9. The molecule has 0 aliphatic carbocycles.